The molecule has 2 aromatic rings. The van der Waals surface area contributed by atoms with E-state index in [-0.39, 0.29) is 5.78 Å². The molecule has 6 nitrogen and oxygen atoms in total. The maximum absolute atomic E-state index is 12.8. The van der Waals surface area contributed by atoms with Crippen molar-refractivity contribution < 1.29 is 19.1 Å². The highest BCUT2D eigenvalue weighted by molar-refractivity contribution is 6.04. The van der Waals surface area contributed by atoms with Gasteiger partial charge in [-0.2, -0.15) is 0 Å². The summed E-state index contributed by atoms with van der Waals surface area (Å²) in [5.41, 5.74) is 2.76. The Morgan fingerprint density at radius 1 is 1.17 bits per heavy atom. The van der Waals surface area contributed by atoms with Crippen LogP contribution in [0.2, 0.25) is 0 Å². The molecule has 1 aromatic carbocycles. The standard InChI is InChI=1S/C18H22N2O4/c1-10-15(18(22)24-5)11(2)20-16(10)17(21)12(3)19-13-8-6-7-9-14(13)23-4/h6-9,12,19-20H,1-5H3/t12-/m1/s1. The van der Waals surface area contributed by atoms with Crippen LogP contribution in [0.1, 0.15) is 39.0 Å². The number of anilines is 1. The lowest BCUT2D eigenvalue weighted by atomic mass is 10.0. The van der Waals surface area contributed by atoms with Crippen molar-refractivity contribution in [1.29, 1.82) is 0 Å². The van der Waals surface area contributed by atoms with E-state index in [1.807, 2.05) is 24.3 Å². The van der Waals surface area contributed by atoms with Gasteiger partial charge in [-0.05, 0) is 38.5 Å². The van der Waals surface area contributed by atoms with Crippen molar-refractivity contribution in [3.05, 3.63) is 46.8 Å². The monoisotopic (exact) mass is 330 g/mol. The lowest BCUT2D eigenvalue weighted by molar-refractivity contribution is 0.0599. The smallest absolute Gasteiger partial charge is 0.339 e. The Labute approximate surface area is 141 Å². The summed E-state index contributed by atoms with van der Waals surface area (Å²) in [5, 5.41) is 3.15. The lowest BCUT2D eigenvalue weighted by Gasteiger charge is -2.16. The Hall–Kier alpha value is -2.76. The van der Waals surface area contributed by atoms with Gasteiger partial charge in [0.05, 0.1) is 37.2 Å². The number of Topliss-reactive ketones (excluding diaryl/α,β-unsaturated/α-hetero) is 1. The highest BCUT2D eigenvalue weighted by Gasteiger charge is 2.25. The average Bonchev–Trinajstić information content (AvgIpc) is 2.88. The summed E-state index contributed by atoms with van der Waals surface area (Å²) in [7, 11) is 2.90. The van der Waals surface area contributed by atoms with Crippen LogP contribution in [0.25, 0.3) is 0 Å². The van der Waals surface area contributed by atoms with Crippen LogP contribution in [-0.4, -0.2) is 37.0 Å². The van der Waals surface area contributed by atoms with Crippen molar-refractivity contribution in [2.75, 3.05) is 19.5 Å². The molecule has 0 bridgehead atoms. The topological polar surface area (TPSA) is 80.4 Å². The Kier molecular flexibility index (Phi) is 5.28. The second-order valence-corrected chi connectivity index (χ2v) is 5.55. The number of ketones is 1. The molecule has 128 valence electrons. The Balaban J connectivity index is 2.27. The van der Waals surface area contributed by atoms with Gasteiger partial charge in [0.2, 0.25) is 5.78 Å². The number of methoxy groups -OCH3 is 2. The molecule has 0 saturated carbocycles. The molecule has 0 radical (unpaired) electrons. The number of carbonyl (C=O) groups excluding carboxylic acids is 2. The molecule has 0 aliphatic carbocycles. The van der Waals surface area contributed by atoms with Crippen LogP contribution in [0.3, 0.4) is 0 Å². The third kappa shape index (κ3) is 3.27. The minimum Gasteiger partial charge on any atom is -0.495 e. The predicted molar refractivity (Wildman–Crippen MR) is 92.0 cm³/mol. The molecule has 0 aliphatic rings. The van der Waals surface area contributed by atoms with Crippen molar-refractivity contribution in [3.8, 4) is 5.75 Å². The highest BCUT2D eigenvalue weighted by atomic mass is 16.5. The van der Waals surface area contributed by atoms with Gasteiger partial charge in [-0.3, -0.25) is 4.79 Å². The Bertz CT molecular complexity index is 764. The molecular formula is C18H22N2O4. The number of benzene rings is 1. The molecule has 2 N–H and O–H groups in total. The summed E-state index contributed by atoms with van der Waals surface area (Å²) in [6, 6.07) is 6.89. The number of hydrogen-bond donors (Lipinski definition) is 2. The fourth-order valence-electron chi connectivity index (χ4n) is 2.68. The van der Waals surface area contributed by atoms with E-state index in [0.717, 1.165) is 5.69 Å². The van der Waals surface area contributed by atoms with Crippen LogP contribution in [0.5, 0.6) is 5.75 Å². The number of carbonyl (C=O) groups is 2. The molecule has 1 atom stereocenters. The third-order valence-corrected chi connectivity index (χ3v) is 3.95. The van der Waals surface area contributed by atoms with Crippen LogP contribution < -0.4 is 10.1 Å². The first kappa shape index (κ1) is 17.6. The van der Waals surface area contributed by atoms with Crippen molar-refractivity contribution in [1.82, 2.24) is 4.98 Å². The molecule has 1 aromatic heterocycles. The fourth-order valence-corrected chi connectivity index (χ4v) is 2.68. The van der Waals surface area contributed by atoms with Crippen LogP contribution in [0.15, 0.2) is 24.3 Å². The molecule has 1 heterocycles. The van der Waals surface area contributed by atoms with Crippen molar-refractivity contribution in [2.24, 2.45) is 0 Å². The quantitative estimate of drug-likeness (QED) is 0.628. The SMILES string of the molecule is COC(=O)c1c(C)[nH]c(C(=O)[C@@H](C)Nc2ccccc2OC)c1C. The maximum Gasteiger partial charge on any atom is 0.339 e. The molecule has 0 saturated heterocycles. The minimum absolute atomic E-state index is 0.142. The minimum atomic E-state index is -0.497. The van der Waals surface area contributed by atoms with Gasteiger partial charge in [0.15, 0.2) is 0 Å². The van der Waals surface area contributed by atoms with Crippen molar-refractivity contribution in [3.63, 3.8) is 0 Å². The van der Waals surface area contributed by atoms with Gasteiger partial charge in [0.1, 0.15) is 5.75 Å². The van der Waals surface area contributed by atoms with Crippen LogP contribution >= 0.6 is 0 Å². The number of aryl methyl sites for hydroxylation is 1. The largest absolute Gasteiger partial charge is 0.495 e. The van der Waals surface area contributed by atoms with Crippen molar-refractivity contribution >= 4 is 17.4 Å². The van der Waals surface area contributed by atoms with Crippen LogP contribution in [-0.2, 0) is 4.74 Å². The number of esters is 1. The third-order valence-electron chi connectivity index (χ3n) is 3.95. The van der Waals surface area contributed by atoms with Gasteiger partial charge < -0.3 is 19.8 Å². The second-order valence-electron chi connectivity index (χ2n) is 5.55. The number of nitrogens with one attached hydrogen (secondary N) is 2. The molecule has 0 spiro atoms. The van der Waals surface area contributed by atoms with Crippen LogP contribution in [0.4, 0.5) is 5.69 Å². The molecule has 0 aliphatic heterocycles. The first-order chi connectivity index (χ1) is 11.4. The van der Waals surface area contributed by atoms with E-state index >= 15 is 0 Å². The first-order valence-corrected chi connectivity index (χ1v) is 7.62. The average molecular weight is 330 g/mol. The van der Waals surface area contributed by atoms with E-state index in [2.05, 4.69) is 10.3 Å². The lowest BCUT2D eigenvalue weighted by Crippen LogP contribution is -2.27. The number of rotatable bonds is 6. The number of para-hydroxylation sites is 2. The molecule has 0 unspecified atom stereocenters. The zero-order valence-electron chi connectivity index (χ0n) is 14.5. The normalized spacial score (nSPS) is 11.7. The zero-order chi connectivity index (χ0) is 17.9. The van der Waals surface area contributed by atoms with Gasteiger partial charge in [-0.1, -0.05) is 12.1 Å². The fraction of sp³-hybridized carbons (Fsp3) is 0.333. The summed E-state index contributed by atoms with van der Waals surface area (Å²) in [5.74, 6) is 0.0640. The van der Waals surface area contributed by atoms with E-state index in [1.54, 1.807) is 27.9 Å². The summed E-state index contributed by atoms with van der Waals surface area (Å²) in [6.07, 6.45) is 0. The van der Waals surface area contributed by atoms with Gasteiger partial charge in [0.25, 0.3) is 0 Å². The van der Waals surface area contributed by atoms with Crippen molar-refractivity contribution in [2.45, 2.75) is 26.8 Å². The number of aromatic amines is 1. The number of aromatic nitrogens is 1. The molecule has 6 heteroatoms. The number of hydrogen-bond acceptors (Lipinski definition) is 5. The summed E-state index contributed by atoms with van der Waals surface area (Å²) >= 11 is 0. The predicted octanol–water partition coefficient (Wildman–Crippen LogP) is 3.11. The zero-order valence-corrected chi connectivity index (χ0v) is 14.5. The number of H-pyrrole nitrogens is 1. The molecule has 0 amide bonds. The van der Waals surface area contributed by atoms with E-state index in [4.69, 9.17) is 9.47 Å². The summed E-state index contributed by atoms with van der Waals surface area (Å²) < 4.78 is 10.1. The molecule has 0 fully saturated rings. The Morgan fingerprint density at radius 2 is 1.83 bits per heavy atom. The summed E-state index contributed by atoms with van der Waals surface area (Å²) in [4.78, 5) is 27.6. The van der Waals surface area contributed by atoms with Crippen LogP contribution in [0, 0.1) is 13.8 Å². The van der Waals surface area contributed by atoms with Gasteiger partial charge >= 0.3 is 5.97 Å². The molecular weight excluding hydrogens is 308 g/mol. The Morgan fingerprint density at radius 3 is 2.46 bits per heavy atom. The van der Waals surface area contributed by atoms with E-state index in [0.29, 0.717) is 28.3 Å². The second kappa shape index (κ2) is 7.21. The highest BCUT2D eigenvalue weighted by Crippen LogP contribution is 2.25. The van der Waals surface area contributed by atoms with Gasteiger partial charge in [-0.15, -0.1) is 0 Å². The summed E-state index contributed by atoms with van der Waals surface area (Å²) in [6.45, 7) is 5.25. The molecule has 24 heavy (non-hydrogen) atoms. The van der Waals surface area contributed by atoms with E-state index < -0.39 is 12.0 Å². The van der Waals surface area contributed by atoms with E-state index in [1.165, 1.54) is 7.11 Å². The van der Waals surface area contributed by atoms with Gasteiger partial charge in [0, 0.05) is 5.69 Å². The molecule has 2 rings (SSSR count). The van der Waals surface area contributed by atoms with Gasteiger partial charge in [-0.25, -0.2) is 4.79 Å². The maximum atomic E-state index is 12.8. The number of ether oxygens (including phenoxy) is 2. The first-order valence-electron chi connectivity index (χ1n) is 7.62. The van der Waals surface area contributed by atoms with E-state index in [9.17, 15) is 9.59 Å².